The number of aliphatic hydroxyl groups excluding tert-OH is 1. The molecule has 0 aliphatic carbocycles. The van der Waals surface area contributed by atoms with Gasteiger partial charge in [0.05, 0.1) is 23.6 Å². The van der Waals surface area contributed by atoms with Gasteiger partial charge in [-0.3, -0.25) is 14.0 Å². The third-order valence-electron chi connectivity index (χ3n) is 5.81. The van der Waals surface area contributed by atoms with E-state index >= 15 is 0 Å². The average molecular weight is 572 g/mol. The molecule has 0 fully saturated rings. The van der Waals surface area contributed by atoms with Crippen LogP contribution >= 0.6 is 8.46 Å². The molecule has 4 aromatic rings. The highest BCUT2D eigenvalue weighted by Crippen LogP contribution is 2.36. The summed E-state index contributed by atoms with van der Waals surface area (Å²) >= 11 is 0. The SMILES string of the molecule is CNC(=O)c1cc(-c2cnn(CCCO)c2)ccc1Nc1nc(Nc2ccc(CP=O)cc2)ncc1C(F)(F)F. The number of hydrogen-bond donors (Lipinski definition) is 4. The van der Waals surface area contributed by atoms with Crippen LogP contribution in [0.1, 0.15) is 27.9 Å². The van der Waals surface area contributed by atoms with Gasteiger partial charge in [0.2, 0.25) is 5.95 Å². The van der Waals surface area contributed by atoms with Gasteiger partial charge in [-0.2, -0.15) is 23.3 Å². The number of nitrogens with one attached hydrogen (secondary N) is 3. The lowest BCUT2D eigenvalue weighted by atomic mass is 10.0. The summed E-state index contributed by atoms with van der Waals surface area (Å²) in [6, 6.07) is 11.5. The molecule has 0 saturated heterocycles. The summed E-state index contributed by atoms with van der Waals surface area (Å²) in [5.41, 5.74) is 1.75. The number of halogens is 3. The van der Waals surface area contributed by atoms with Gasteiger partial charge in [0.15, 0.2) is 8.46 Å². The maximum absolute atomic E-state index is 13.9. The number of rotatable bonds is 11. The highest BCUT2D eigenvalue weighted by molar-refractivity contribution is 7.22. The first-order valence-electron chi connectivity index (χ1n) is 12.1. The Morgan fingerprint density at radius 3 is 2.52 bits per heavy atom. The van der Waals surface area contributed by atoms with Gasteiger partial charge in [0, 0.05) is 43.8 Å². The van der Waals surface area contributed by atoms with Gasteiger partial charge in [-0.15, -0.1) is 0 Å². The summed E-state index contributed by atoms with van der Waals surface area (Å²) in [7, 11) is 1.39. The van der Waals surface area contributed by atoms with E-state index in [1.165, 1.54) is 13.1 Å². The van der Waals surface area contributed by atoms with Crippen LogP contribution in [0.4, 0.5) is 36.3 Å². The maximum Gasteiger partial charge on any atom is 0.421 e. The first-order valence-corrected chi connectivity index (χ1v) is 13.1. The van der Waals surface area contributed by atoms with E-state index in [0.29, 0.717) is 42.1 Å². The summed E-state index contributed by atoms with van der Waals surface area (Å²) in [5.74, 6) is -1.16. The van der Waals surface area contributed by atoms with Crippen LogP contribution in [-0.4, -0.2) is 44.4 Å². The smallest absolute Gasteiger partial charge is 0.396 e. The van der Waals surface area contributed by atoms with Crippen molar-refractivity contribution in [2.75, 3.05) is 24.3 Å². The monoisotopic (exact) mass is 571 g/mol. The standard InChI is InChI=1S/C26H25F3N7O3P/c1-30-24(38)20-11-17(18-12-32-36(14-18)9-2-10-37)5-8-22(20)34-23-21(26(27,28)29)13-31-25(35-23)33-19-6-3-16(4-7-19)15-40-39/h3-8,11-14,37H,2,9-10,15H2,1H3,(H,30,38)(H2,31,33,34,35). The van der Waals surface area contributed by atoms with Gasteiger partial charge in [0.25, 0.3) is 5.91 Å². The number of alkyl halides is 3. The Labute approximate surface area is 228 Å². The fourth-order valence-corrected chi connectivity index (χ4v) is 4.15. The van der Waals surface area contributed by atoms with Crippen LogP contribution in [0.3, 0.4) is 0 Å². The van der Waals surface area contributed by atoms with Crippen LogP contribution < -0.4 is 16.0 Å². The van der Waals surface area contributed by atoms with Gasteiger partial charge in [-0.1, -0.05) is 18.2 Å². The number of carbonyl (C=O) groups is 1. The summed E-state index contributed by atoms with van der Waals surface area (Å²) in [5, 5.41) is 21.3. The topological polar surface area (TPSA) is 134 Å². The molecule has 14 heteroatoms. The highest BCUT2D eigenvalue weighted by Gasteiger charge is 2.35. The Kier molecular flexibility index (Phi) is 9.08. The molecule has 10 nitrogen and oxygen atoms in total. The molecular weight excluding hydrogens is 546 g/mol. The molecule has 0 aliphatic rings. The summed E-state index contributed by atoms with van der Waals surface area (Å²) < 4.78 is 54.0. The molecule has 0 saturated carbocycles. The average Bonchev–Trinajstić information content (AvgIpc) is 3.41. The molecule has 4 N–H and O–H groups in total. The number of nitrogens with zero attached hydrogens (tertiary/aromatic N) is 4. The zero-order chi connectivity index (χ0) is 28.7. The number of hydrogen-bond acceptors (Lipinski definition) is 8. The van der Waals surface area contributed by atoms with E-state index in [2.05, 4.69) is 31.0 Å². The van der Waals surface area contributed by atoms with Crippen molar-refractivity contribution in [2.45, 2.75) is 25.3 Å². The number of amides is 1. The largest absolute Gasteiger partial charge is 0.421 e. The lowest BCUT2D eigenvalue weighted by molar-refractivity contribution is -0.137. The number of aliphatic hydroxyl groups is 1. The number of carbonyl (C=O) groups excluding carboxylic acids is 1. The van der Waals surface area contributed by atoms with Crippen LogP contribution in [0.5, 0.6) is 0 Å². The van der Waals surface area contributed by atoms with Crippen molar-refractivity contribution in [1.82, 2.24) is 25.1 Å². The van der Waals surface area contributed by atoms with E-state index < -0.39 is 23.5 Å². The molecule has 2 aromatic heterocycles. The fraction of sp³-hybridized carbons (Fsp3) is 0.231. The minimum absolute atomic E-state index is 0.0190. The Morgan fingerprint density at radius 1 is 1.07 bits per heavy atom. The van der Waals surface area contributed by atoms with Crippen molar-refractivity contribution in [3.63, 3.8) is 0 Å². The molecule has 0 aliphatic heterocycles. The second kappa shape index (κ2) is 12.7. The van der Waals surface area contributed by atoms with E-state index in [-0.39, 0.29) is 32.3 Å². The van der Waals surface area contributed by atoms with Crippen LogP contribution in [-0.2, 0) is 23.4 Å². The quantitative estimate of drug-likeness (QED) is 0.176. The van der Waals surface area contributed by atoms with Crippen molar-refractivity contribution >= 4 is 37.5 Å². The van der Waals surface area contributed by atoms with E-state index in [9.17, 15) is 22.5 Å². The highest BCUT2D eigenvalue weighted by atomic mass is 31.1. The van der Waals surface area contributed by atoms with Gasteiger partial charge in [-0.05, 0) is 41.8 Å². The number of aromatic nitrogens is 4. The predicted molar refractivity (Wildman–Crippen MR) is 144 cm³/mol. The zero-order valence-corrected chi connectivity index (χ0v) is 22.1. The number of anilines is 4. The van der Waals surface area contributed by atoms with Crippen LogP contribution in [0.15, 0.2) is 61.1 Å². The minimum Gasteiger partial charge on any atom is -0.396 e. The molecule has 2 aromatic carbocycles. The van der Waals surface area contributed by atoms with Gasteiger partial charge >= 0.3 is 6.18 Å². The molecule has 0 atom stereocenters. The molecule has 208 valence electrons. The first-order chi connectivity index (χ1) is 19.2. The van der Waals surface area contributed by atoms with E-state index in [1.54, 1.807) is 53.5 Å². The van der Waals surface area contributed by atoms with Crippen LogP contribution in [0.25, 0.3) is 11.1 Å². The van der Waals surface area contributed by atoms with Crippen molar-refractivity contribution in [3.05, 3.63) is 77.7 Å². The van der Waals surface area contributed by atoms with Gasteiger partial charge in [0.1, 0.15) is 11.4 Å². The van der Waals surface area contributed by atoms with Crippen molar-refractivity contribution in [1.29, 1.82) is 0 Å². The number of aryl methyl sites for hydroxylation is 1. The van der Waals surface area contributed by atoms with Crippen molar-refractivity contribution < 1.29 is 27.6 Å². The Hall–Kier alpha value is -4.35. The molecular formula is C26H25F3N7O3P. The van der Waals surface area contributed by atoms with Crippen LogP contribution in [0.2, 0.25) is 0 Å². The second-order valence-corrected chi connectivity index (χ2v) is 9.17. The Morgan fingerprint density at radius 2 is 1.85 bits per heavy atom. The summed E-state index contributed by atoms with van der Waals surface area (Å²) in [4.78, 5) is 20.6. The van der Waals surface area contributed by atoms with Crippen molar-refractivity contribution in [2.24, 2.45) is 0 Å². The minimum atomic E-state index is -4.77. The normalized spacial score (nSPS) is 11.4. The molecule has 0 spiro atoms. The van der Waals surface area contributed by atoms with Gasteiger partial charge < -0.3 is 21.1 Å². The lowest BCUT2D eigenvalue weighted by Gasteiger charge is -2.17. The summed E-state index contributed by atoms with van der Waals surface area (Å²) in [6.07, 6.45) is 0.112. The predicted octanol–water partition coefficient (Wildman–Crippen LogP) is 5.38. The van der Waals surface area contributed by atoms with Gasteiger partial charge in [-0.25, -0.2) is 4.98 Å². The van der Waals surface area contributed by atoms with Crippen LogP contribution in [0, 0.1) is 0 Å². The molecule has 1 amide bonds. The zero-order valence-electron chi connectivity index (χ0n) is 21.2. The Balaban J connectivity index is 1.67. The molecule has 4 rings (SSSR count). The Bertz CT molecular complexity index is 1490. The molecule has 2 heterocycles. The third kappa shape index (κ3) is 6.99. The molecule has 40 heavy (non-hydrogen) atoms. The first kappa shape index (κ1) is 28.7. The molecule has 0 radical (unpaired) electrons. The van der Waals surface area contributed by atoms with E-state index in [4.69, 9.17) is 5.11 Å². The van der Waals surface area contributed by atoms with E-state index in [1.807, 2.05) is 0 Å². The fourth-order valence-electron chi connectivity index (χ4n) is 3.79. The third-order valence-corrected chi connectivity index (χ3v) is 6.30. The molecule has 0 bridgehead atoms. The molecule has 0 unspecified atom stereocenters. The summed E-state index contributed by atoms with van der Waals surface area (Å²) in [6.45, 7) is 0.526. The van der Waals surface area contributed by atoms with E-state index in [0.717, 1.165) is 5.56 Å². The number of benzene rings is 2. The second-order valence-electron chi connectivity index (χ2n) is 8.60. The van der Waals surface area contributed by atoms with Crippen molar-refractivity contribution in [3.8, 4) is 11.1 Å². The maximum atomic E-state index is 13.9. The lowest BCUT2D eigenvalue weighted by Crippen LogP contribution is -2.20.